The number of nitrogens with one attached hydrogen (secondary N) is 1. The van der Waals surface area contributed by atoms with Crippen molar-refractivity contribution in [3.05, 3.63) is 59.7 Å². The summed E-state index contributed by atoms with van der Waals surface area (Å²) >= 11 is 0. The smallest absolute Gasteiger partial charge is 0.322 e. The van der Waals surface area contributed by atoms with Crippen molar-refractivity contribution in [3.8, 4) is 11.5 Å². The van der Waals surface area contributed by atoms with E-state index in [0.717, 1.165) is 0 Å². The van der Waals surface area contributed by atoms with E-state index in [9.17, 15) is 14.7 Å². The molecule has 0 heterocycles. The number of hydrogen-bond acceptors (Lipinski definition) is 4. The van der Waals surface area contributed by atoms with Gasteiger partial charge >= 0.3 is 5.97 Å². The van der Waals surface area contributed by atoms with Gasteiger partial charge in [-0.1, -0.05) is 18.2 Å². The summed E-state index contributed by atoms with van der Waals surface area (Å²) in [4.78, 5) is 22.2. The van der Waals surface area contributed by atoms with Crippen LogP contribution in [0.4, 0.5) is 0 Å². The molecule has 6 heteroatoms. The average Bonchev–Trinajstić information content (AvgIpc) is 2.54. The van der Waals surface area contributed by atoms with E-state index >= 15 is 0 Å². The number of amides is 1. The fraction of sp³-hybridized carbons (Fsp3) is 0.125. The van der Waals surface area contributed by atoms with Crippen LogP contribution in [0.3, 0.4) is 0 Å². The molecule has 22 heavy (non-hydrogen) atoms. The number of carbonyl (C=O) groups excluding carboxylic acids is 1. The molecule has 0 bridgehead atoms. The maximum atomic E-state index is 11.8. The summed E-state index contributed by atoms with van der Waals surface area (Å²) in [6.07, 6.45) is 0. The van der Waals surface area contributed by atoms with Gasteiger partial charge in [-0.2, -0.15) is 0 Å². The van der Waals surface area contributed by atoms with E-state index in [2.05, 4.69) is 5.32 Å². The molecular weight excluding hydrogens is 286 g/mol. The lowest BCUT2D eigenvalue weighted by Gasteiger charge is -2.11. The molecule has 2 aromatic carbocycles. The lowest BCUT2D eigenvalue weighted by atomic mass is 10.1. The largest absolute Gasteiger partial charge is 0.480 e. The molecule has 0 aliphatic rings. The third kappa shape index (κ3) is 4.07. The summed E-state index contributed by atoms with van der Waals surface area (Å²) in [5.74, 6) is -0.605. The summed E-state index contributed by atoms with van der Waals surface area (Å²) in [6, 6.07) is 13.6. The van der Waals surface area contributed by atoms with Crippen LogP contribution >= 0.6 is 0 Å². The highest BCUT2D eigenvalue weighted by atomic mass is 16.5. The molecule has 0 unspecified atom stereocenters. The van der Waals surface area contributed by atoms with Gasteiger partial charge in [0.25, 0.3) is 5.91 Å². The molecule has 2 rings (SSSR count). The van der Waals surface area contributed by atoms with Crippen molar-refractivity contribution in [1.82, 2.24) is 5.32 Å². The van der Waals surface area contributed by atoms with E-state index in [1.165, 1.54) is 12.1 Å². The third-order valence-corrected chi connectivity index (χ3v) is 2.86. The Hall–Kier alpha value is -2.86. The highest BCUT2D eigenvalue weighted by molar-refractivity contribution is 5.96. The van der Waals surface area contributed by atoms with Crippen LogP contribution in [0.2, 0.25) is 0 Å². The molecule has 0 atom stereocenters. The molecule has 2 aromatic rings. The van der Waals surface area contributed by atoms with E-state index < -0.39 is 18.4 Å². The van der Waals surface area contributed by atoms with Crippen molar-refractivity contribution in [3.63, 3.8) is 0 Å². The van der Waals surface area contributed by atoms with E-state index in [0.29, 0.717) is 17.1 Å². The number of carbonyl (C=O) groups is 2. The van der Waals surface area contributed by atoms with Gasteiger partial charge in [-0.05, 0) is 30.3 Å². The molecule has 0 spiro atoms. The zero-order chi connectivity index (χ0) is 15.9. The molecule has 1 amide bonds. The van der Waals surface area contributed by atoms with Gasteiger partial charge in [0, 0.05) is 11.1 Å². The minimum absolute atomic E-state index is 0.255. The Balaban J connectivity index is 2.17. The second kappa shape index (κ2) is 7.24. The maximum absolute atomic E-state index is 11.8. The van der Waals surface area contributed by atoms with Gasteiger partial charge in [0.05, 0.1) is 6.61 Å². The van der Waals surface area contributed by atoms with Gasteiger partial charge in [0.2, 0.25) is 0 Å². The van der Waals surface area contributed by atoms with Crippen LogP contribution < -0.4 is 10.1 Å². The molecule has 0 aliphatic heterocycles. The minimum atomic E-state index is -1.13. The Kier molecular flexibility index (Phi) is 5.11. The number of carboxylic acids is 1. The second-order valence-electron chi connectivity index (χ2n) is 4.47. The first-order valence-electron chi connectivity index (χ1n) is 6.57. The standard InChI is InChI=1S/C16H15NO5/c18-10-12-8-11(16(21)17-9-15(19)20)6-7-14(12)22-13-4-2-1-3-5-13/h1-8,18H,9-10H2,(H,17,21)(H,19,20). The van der Waals surface area contributed by atoms with E-state index in [1.54, 1.807) is 18.2 Å². The van der Waals surface area contributed by atoms with Crippen molar-refractivity contribution in [2.24, 2.45) is 0 Å². The topological polar surface area (TPSA) is 95.9 Å². The van der Waals surface area contributed by atoms with Gasteiger partial charge in [0.1, 0.15) is 18.0 Å². The van der Waals surface area contributed by atoms with Crippen molar-refractivity contribution >= 4 is 11.9 Å². The molecule has 3 N–H and O–H groups in total. The average molecular weight is 301 g/mol. The molecule has 6 nitrogen and oxygen atoms in total. The summed E-state index contributed by atoms with van der Waals surface area (Å²) in [7, 11) is 0. The molecule has 0 fully saturated rings. The van der Waals surface area contributed by atoms with Crippen LogP contribution in [0.15, 0.2) is 48.5 Å². The van der Waals surface area contributed by atoms with Crippen molar-refractivity contribution in [1.29, 1.82) is 0 Å². The van der Waals surface area contributed by atoms with Gasteiger partial charge < -0.3 is 20.3 Å². The number of aliphatic carboxylic acids is 1. The highest BCUT2D eigenvalue weighted by Crippen LogP contribution is 2.26. The van der Waals surface area contributed by atoms with Crippen molar-refractivity contribution in [2.45, 2.75) is 6.61 Å². The van der Waals surface area contributed by atoms with Crippen LogP contribution in [-0.4, -0.2) is 28.6 Å². The highest BCUT2D eigenvalue weighted by Gasteiger charge is 2.11. The predicted molar refractivity (Wildman–Crippen MR) is 78.8 cm³/mol. The van der Waals surface area contributed by atoms with E-state index in [-0.39, 0.29) is 12.2 Å². The Morgan fingerprint density at radius 2 is 1.82 bits per heavy atom. The van der Waals surface area contributed by atoms with Gasteiger partial charge in [-0.25, -0.2) is 0 Å². The zero-order valence-electron chi connectivity index (χ0n) is 11.7. The first-order valence-corrected chi connectivity index (χ1v) is 6.57. The molecule has 0 saturated heterocycles. The number of para-hydroxylation sites is 1. The Labute approximate surface area is 127 Å². The molecule has 0 saturated carbocycles. The maximum Gasteiger partial charge on any atom is 0.322 e. The van der Waals surface area contributed by atoms with Crippen LogP contribution in [-0.2, 0) is 11.4 Å². The number of benzene rings is 2. The second-order valence-corrected chi connectivity index (χ2v) is 4.47. The fourth-order valence-corrected chi connectivity index (χ4v) is 1.82. The normalized spacial score (nSPS) is 10.0. The summed E-state index contributed by atoms with van der Waals surface area (Å²) in [5.41, 5.74) is 0.692. The van der Waals surface area contributed by atoms with Gasteiger partial charge in [-0.15, -0.1) is 0 Å². The monoisotopic (exact) mass is 301 g/mol. The summed E-state index contributed by atoms with van der Waals surface area (Å²) in [6.45, 7) is -0.766. The molecular formula is C16H15NO5. The van der Waals surface area contributed by atoms with Crippen LogP contribution in [0, 0.1) is 0 Å². The van der Waals surface area contributed by atoms with E-state index in [1.807, 2.05) is 18.2 Å². The molecule has 0 aliphatic carbocycles. The Morgan fingerprint density at radius 1 is 1.09 bits per heavy atom. The van der Waals surface area contributed by atoms with Crippen LogP contribution in [0.25, 0.3) is 0 Å². The van der Waals surface area contributed by atoms with Crippen molar-refractivity contribution < 1.29 is 24.5 Å². The quantitative estimate of drug-likeness (QED) is 0.756. The lowest BCUT2D eigenvalue weighted by Crippen LogP contribution is -2.29. The first kappa shape index (κ1) is 15.5. The number of ether oxygens (including phenoxy) is 1. The van der Waals surface area contributed by atoms with E-state index in [4.69, 9.17) is 9.84 Å². The predicted octanol–water partition coefficient (Wildman–Crippen LogP) is 1.79. The Bertz CT molecular complexity index is 669. The lowest BCUT2D eigenvalue weighted by molar-refractivity contribution is -0.135. The number of aliphatic hydroxyl groups is 1. The summed E-state index contributed by atoms with van der Waals surface area (Å²) < 4.78 is 5.65. The zero-order valence-corrected chi connectivity index (χ0v) is 11.7. The number of rotatable bonds is 6. The first-order chi connectivity index (χ1) is 10.6. The number of carboxylic acid groups (broad SMARTS) is 1. The molecule has 0 aromatic heterocycles. The summed E-state index contributed by atoms with van der Waals surface area (Å²) in [5, 5.41) is 20.2. The molecule has 114 valence electrons. The third-order valence-electron chi connectivity index (χ3n) is 2.86. The minimum Gasteiger partial charge on any atom is -0.480 e. The van der Waals surface area contributed by atoms with Gasteiger partial charge in [0.15, 0.2) is 0 Å². The SMILES string of the molecule is O=C(O)CNC(=O)c1ccc(Oc2ccccc2)c(CO)c1. The van der Waals surface area contributed by atoms with Crippen LogP contribution in [0.5, 0.6) is 11.5 Å². The van der Waals surface area contributed by atoms with Gasteiger partial charge in [-0.3, -0.25) is 9.59 Å². The van der Waals surface area contributed by atoms with Crippen molar-refractivity contribution in [2.75, 3.05) is 6.54 Å². The fourth-order valence-electron chi connectivity index (χ4n) is 1.82. The number of aliphatic hydroxyl groups excluding tert-OH is 1. The Morgan fingerprint density at radius 3 is 2.45 bits per heavy atom. The number of hydrogen-bond donors (Lipinski definition) is 3. The van der Waals surface area contributed by atoms with Crippen LogP contribution in [0.1, 0.15) is 15.9 Å². The molecule has 0 radical (unpaired) electrons.